The summed E-state index contributed by atoms with van der Waals surface area (Å²) in [6.45, 7) is 1.57. The van der Waals surface area contributed by atoms with Crippen LogP contribution in [0.4, 0.5) is 18.9 Å². The second-order valence-corrected chi connectivity index (χ2v) is 6.84. The summed E-state index contributed by atoms with van der Waals surface area (Å²) in [6.07, 6.45) is -7.14. The fraction of sp³-hybridized carbons (Fsp3) is 0.217. The summed E-state index contributed by atoms with van der Waals surface area (Å²) in [5.74, 6) is 1.13. The molecule has 3 rings (SSSR count). The Balaban J connectivity index is 1.87. The summed E-state index contributed by atoms with van der Waals surface area (Å²) < 4.78 is 44.8. The molecule has 29 heavy (non-hydrogen) atoms. The van der Waals surface area contributed by atoms with Crippen LogP contribution in [-0.2, 0) is 6.54 Å². The van der Waals surface area contributed by atoms with Gasteiger partial charge in [-0.15, -0.1) is 0 Å². The molecule has 1 atom stereocenters. The zero-order chi connectivity index (χ0) is 20.9. The van der Waals surface area contributed by atoms with E-state index in [0.29, 0.717) is 17.2 Å². The molecule has 0 fully saturated rings. The van der Waals surface area contributed by atoms with E-state index in [1.807, 2.05) is 49.4 Å². The van der Waals surface area contributed by atoms with Gasteiger partial charge in [0.05, 0.1) is 6.54 Å². The van der Waals surface area contributed by atoms with Gasteiger partial charge in [-0.25, -0.2) is 0 Å². The number of hydrogen-bond acceptors (Lipinski definition) is 3. The minimum Gasteiger partial charge on any atom is -0.457 e. The van der Waals surface area contributed by atoms with E-state index in [0.717, 1.165) is 11.1 Å². The van der Waals surface area contributed by atoms with E-state index in [9.17, 15) is 18.3 Å². The van der Waals surface area contributed by atoms with Gasteiger partial charge in [-0.1, -0.05) is 54.1 Å². The van der Waals surface area contributed by atoms with Crippen molar-refractivity contribution in [1.29, 1.82) is 0 Å². The fourth-order valence-corrected chi connectivity index (χ4v) is 2.97. The summed E-state index contributed by atoms with van der Waals surface area (Å²) in [6, 6.07) is 23.5. The van der Waals surface area contributed by atoms with Crippen molar-refractivity contribution in [1.82, 2.24) is 0 Å². The number of aliphatic hydroxyl groups excluding tert-OH is 1. The zero-order valence-corrected chi connectivity index (χ0v) is 15.9. The van der Waals surface area contributed by atoms with Crippen LogP contribution in [0, 0.1) is 6.92 Å². The standard InChI is InChI=1S/C23H22F3NO2/c1-17-7-5-8-18(13-17)15-27(16-22(28)23(24,25)26)19-9-6-12-21(14-19)29-20-10-3-2-4-11-20/h2-14,22,28H,15-16H2,1H3. The normalized spacial score (nSPS) is 12.4. The molecule has 152 valence electrons. The number of aryl methyl sites for hydroxylation is 1. The molecule has 1 unspecified atom stereocenters. The van der Waals surface area contributed by atoms with Gasteiger partial charge >= 0.3 is 6.18 Å². The van der Waals surface area contributed by atoms with Crippen molar-refractivity contribution in [2.75, 3.05) is 11.4 Å². The maximum atomic E-state index is 13.0. The first-order valence-electron chi connectivity index (χ1n) is 9.19. The van der Waals surface area contributed by atoms with E-state index in [1.165, 1.54) is 4.90 Å². The lowest BCUT2D eigenvalue weighted by Crippen LogP contribution is -2.40. The zero-order valence-electron chi connectivity index (χ0n) is 15.9. The molecule has 6 heteroatoms. The molecule has 0 radical (unpaired) electrons. The molecule has 0 bridgehead atoms. The Kier molecular flexibility index (Phi) is 6.44. The molecule has 0 aliphatic rings. The van der Waals surface area contributed by atoms with Crippen LogP contribution in [0.1, 0.15) is 11.1 Å². The minimum atomic E-state index is -4.69. The van der Waals surface area contributed by atoms with Crippen LogP contribution >= 0.6 is 0 Å². The Hall–Kier alpha value is -2.99. The lowest BCUT2D eigenvalue weighted by atomic mass is 10.1. The van der Waals surface area contributed by atoms with E-state index < -0.39 is 18.8 Å². The van der Waals surface area contributed by atoms with E-state index >= 15 is 0 Å². The first kappa shape index (κ1) is 20.7. The number of benzene rings is 3. The van der Waals surface area contributed by atoms with Gasteiger partial charge in [0, 0.05) is 18.3 Å². The lowest BCUT2D eigenvalue weighted by Gasteiger charge is -2.28. The number of rotatable bonds is 7. The predicted molar refractivity (Wildman–Crippen MR) is 107 cm³/mol. The maximum absolute atomic E-state index is 13.0. The number of para-hydroxylation sites is 1. The van der Waals surface area contributed by atoms with Crippen LogP contribution in [0.25, 0.3) is 0 Å². The summed E-state index contributed by atoms with van der Waals surface area (Å²) in [5, 5.41) is 9.66. The summed E-state index contributed by atoms with van der Waals surface area (Å²) in [5.41, 5.74) is 2.40. The van der Waals surface area contributed by atoms with E-state index in [-0.39, 0.29) is 6.54 Å². The highest BCUT2D eigenvalue weighted by Gasteiger charge is 2.39. The van der Waals surface area contributed by atoms with Crippen molar-refractivity contribution in [3.8, 4) is 11.5 Å². The van der Waals surface area contributed by atoms with Gasteiger partial charge in [-0.3, -0.25) is 0 Å². The van der Waals surface area contributed by atoms with E-state index in [1.54, 1.807) is 36.4 Å². The van der Waals surface area contributed by atoms with Crippen molar-refractivity contribution in [2.45, 2.75) is 25.7 Å². The van der Waals surface area contributed by atoms with Gasteiger partial charge < -0.3 is 14.7 Å². The number of nitrogens with zero attached hydrogens (tertiary/aromatic N) is 1. The van der Waals surface area contributed by atoms with Crippen LogP contribution in [0.3, 0.4) is 0 Å². The highest BCUT2D eigenvalue weighted by atomic mass is 19.4. The molecule has 3 aromatic rings. The molecule has 3 nitrogen and oxygen atoms in total. The molecular formula is C23H22F3NO2. The molecule has 0 saturated heterocycles. The first-order chi connectivity index (χ1) is 13.8. The Bertz CT molecular complexity index is 929. The average molecular weight is 401 g/mol. The van der Waals surface area contributed by atoms with Gasteiger partial charge in [0.15, 0.2) is 6.10 Å². The molecule has 0 saturated carbocycles. The molecule has 3 aromatic carbocycles. The van der Waals surface area contributed by atoms with Gasteiger partial charge in [-0.05, 0) is 36.8 Å². The molecule has 0 aromatic heterocycles. The van der Waals surface area contributed by atoms with Crippen LogP contribution < -0.4 is 9.64 Å². The van der Waals surface area contributed by atoms with Crippen molar-refractivity contribution >= 4 is 5.69 Å². The summed E-state index contributed by atoms with van der Waals surface area (Å²) >= 11 is 0. The second-order valence-electron chi connectivity index (χ2n) is 6.84. The SMILES string of the molecule is Cc1cccc(CN(CC(O)C(F)(F)F)c2cccc(Oc3ccccc3)c2)c1. The maximum Gasteiger partial charge on any atom is 0.416 e. The Morgan fingerprint density at radius 3 is 2.28 bits per heavy atom. The highest BCUT2D eigenvalue weighted by Crippen LogP contribution is 2.29. The molecule has 0 amide bonds. The topological polar surface area (TPSA) is 32.7 Å². The molecule has 0 aliphatic carbocycles. The van der Waals surface area contributed by atoms with Crippen LogP contribution in [0.5, 0.6) is 11.5 Å². The average Bonchev–Trinajstić information content (AvgIpc) is 2.68. The number of aliphatic hydroxyl groups is 1. The number of anilines is 1. The van der Waals surface area contributed by atoms with E-state index in [2.05, 4.69) is 0 Å². The minimum absolute atomic E-state index is 0.226. The third-order valence-electron chi connectivity index (χ3n) is 4.39. The summed E-state index contributed by atoms with van der Waals surface area (Å²) in [7, 11) is 0. The van der Waals surface area contributed by atoms with Crippen LogP contribution in [-0.4, -0.2) is 23.9 Å². The number of ether oxygens (including phenoxy) is 1. The predicted octanol–water partition coefficient (Wildman–Crippen LogP) is 5.72. The first-order valence-corrected chi connectivity index (χ1v) is 9.19. The molecule has 1 N–H and O–H groups in total. The Labute approximate surface area is 168 Å². The van der Waals surface area contributed by atoms with Crippen molar-refractivity contribution < 1.29 is 23.0 Å². The Morgan fingerprint density at radius 2 is 1.59 bits per heavy atom. The Morgan fingerprint density at radius 1 is 0.897 bits per heavy atom. The number of alkyl halides is 3. The van der Waals surface area contributed by atoms with Gasteiger partial charge in [0.2, 0.25) is 0 Å². The second kappa shape index (κ2) is 9.01. The fourth-order valence-electron chi connectivity index (χ4n) is 2.97. The third kappa shape index (κ3) is 5.99. The molecule has 0 aliphatic heterocycles. The number of halogens is 3. The monoisotopic (exact) mass is 401 g/mol. The van der Waals surface area contributed by atoms with Crippen molar-refractivity contribution in [3.05, 3.63) is 90.0 Å². The van der Waals surface area contributed by atoms with E-state index in [4.69, 9.17) is 4.74 Å². The van der Waals surface area contributed by atoms with Crippen LogP contribution in [0.15, 0.2) is 78.9 Å². The van der Waals surface area contributed by atoms with Gasteiger partial charge in [-0.2, -0.15) is 13.2 Å². The summed E-state index contributed by atoms with van der Waals surface area (Å²) in [4.78, 5) is 1.50. The van der Waals surface area contributed by atoms with Crippen molar-refractivity contribution in [3.63, 3.8) is 0 Å². The van der Waals surface area contributed by atoms with Gasteiger partial charge in [0.1, 0.15) is 11.5 Å². The molecular weight excluding hydrogens is 379 g/mol. The largest absolute Gasteiger partial charge is 0.457 e. The van der Waals surface area contributed by atoms with Gasteiger partial charge in [0.25, 0.3) is 0 Å². The van der Waals surface area contributed by atoms with Crippen LogP contribution in [0.2, 0.25) is 0 Å². The quantitative estimate of drug-likeness (QED) is 0.550. The van der Waals surface area contributed by atoms with Crippen molar-refractivity contribution in [2.24, 2.45) is 0 Å². The molecule has 0 heterocycles. The lowest BCUT2D eigenvalue weighted by molar-refractivity contribution is -0.200. The smallest absolute Gasteiger partial charge is 0.416 e. The number of hydrogen-bond donors (Lipinski definition) is 1. The molecule has 0 spiro atoms. The third-order valence-corrected chi connectivity index (χ3v) is 4.39. The highest BCUT2D eigenvalue weighted by molar-refractivity contribution is 5.52.